The Hall–Kier alpha value is -5.03. The standard InChI is InChI=1S/C46H52N4O/c1-30-31(2)49(29-48(30)35-18-16-32(17-19-35)44(3,4)5)36-24-34(46(9,10)11)25-38(27-36)51-37-20-21-40-39-14-12-13-15-41(39)50(42(40)28-37)43-26-33(22-23-47-43)45(6,7)8/h12-28H,29H2,1-11H3. The fraction of sp³-hybridized carbons (Fsp3) is 0.326. The second-order valence-corrected chi connectivity index (χ2v) is 17.2. The smallest absolute Gasteiger partial charge is 0.137 e. The molecule has 0 amide bonds. The Bertz CT molecular complexity index is 2290. The number of rotatable bonds is 5. The van der Waals surface area contributed by atoms with Gasteiger partial charge in [-0.05, 0) is 101 Å². The number of pyridine rings is 1. The number of fused-ring (bicyclic) bond motifs is 3. The summed E-state index contributed by atoms with van der Waals surface area (Å²) >= 11 is 0. The molecule has 0 atom stereocenters. The van der Waals surface area contributed by atoms with Crippen molar-refractivity contribution in [3.05, 3.63) is 131 Å². The highest BCUT2D eigenvalue weighted by Crippen LogP contribution is 2.40. The fourth-order valence-electron chi connectivity index (χ4n) is 7.07. The van der Waals surface area contributed by atoms with Gasteiger partial charge in [-0.2, -0.15) is 0 Å². The highest BCUT2D eigenvalue weighted by Gasteiger charge is 2.28. The number of anilines is 2. The van der Waals surface area contributed by atoms with Gasteiger partial charge < -0.3 is 14.5 Å². The number of nitrogens with zero attached hydrogens (tertiary/aromatic N) is 4. The van der Waals surface area contributed by atoms with Crippen molar-refractivity contribution < 1.29 is 4.74 Å². The molecule has 0 saturated carbocycles. The molecular formula is C46H52N4O. The van der Waals surface area contributed by atoms with Crippen molar-refractivity contribution >= 4 is 33.2 Å². The zero-order chi connectivity index (χ0) is 36.5. The van der Waals surface area contributed by atoms with Gasteiger partial charge in [-0.15, -0.1) is 0 Å². The first-order valence-corrected chi connectivity index (χ1v) is 18.2. The van der Waals surface area contributed by atoms with E-state index in [1.54, 1.807) is 0 Å². The van der Waals surface area contributed by atoms with Crippen LogP contribution in [0.3, 0.4) is 0 Å². The van der Waals surface area contributed by atoms with Gasteiger partial charge in [-0.25, -0.2) is 4.98 Å². The number of allylic oxidation sites excluding steroid dienone is 2. The van der Waals surface area contributed by atoms with Crippen molar-refractivity contribution in [3.8, 4) is 17.3 Å². The van der Waals surface area contributed by atoms with Gasteiger partial charge in [0.15, 0.2) is 0 Å². The molecule has 5 heteroatoms. The van der Waals surface area contributed by atoms with Gasteiger partial charge in [0.05, 0.1) is 17.7 Å². The first kappa shape index (κ1) is 34.4. The van der Waals surface area contributed by atoms with Crippen LogP contribution in [0.2, 0.25) is 0 Å². The van der Waals surface area contributed by atoms with Crippen LogP contribution in [-0.2, 0) is 16.2 Å². The number of hydrogen-bond acceptors (Lipinski definition) is 4. The third-order valence-corrected chi connectivity index (χ3v) is 10.5. The molecule has 1 aliphatic rings. The Kier molecular flexibility index (Phi) is 8.32. The number of ether oxygens (including phenoxy) is 1. The van der Waals surface area contributed by atoms with Gasteiger partial charge in [-0.3, -0.25) is 4.57 Å². The Morgan fingerprint density at radius 2 is 1.16 bits per heavy atom. The van der Waals surface area contributed by atoms with Crippen LogP contribution in [0.4, 0.5) is 11.4 Å². The zero-order valence-electron chi connectivity index (χ0n) is 32.2. The topological polar surface area (TPSA) is 33.5 Å². The number of para-hydroxylation sites is 1. The van der Waals surface area contributed by atoms with E-state index < -0.39 is 0 Å². The van der Waals surface area contributed by atoms with Gasteiger partial charge in [0.2, 0.25) is 0 Å². The summed E-state index contributed by atoms with van der Waals surface area (Å²) in [6.07, 6.45) is 1.93. The lowest BCUT2D eigenvalue weighted by atomic mass is 9.86. The van der Waals surface area contributed by atoms with E-state index in [9.17, 15) is 0 Å². The van der Waals surface area contributed by atoms with E-state index in [0.29, 0.717) is 0 Å². The molecule has 2 aromatic heterocycles. The zero-order valence-corrected chi connectivity index (χ0v) is 32.2. The second-order valence-electron chi connectivity index (χ2n) is 17.2. The lowest BCUT2D eigenvalue weighted by Gasteiger charge is -2.27. The molecule has 7 rings (SSSR count). The number of hydrogen-bond donors (Lipinski definition) is 0. The molecule has 0 N–H and O–H groups in total. The lowest BCUT2D eigenvalue weighted by Crippen LogP contribution is -2.27. The summed E-state index contributed by atoms with van der Waals surface area (Å²) in [5, 5.41) is 2.37. The van der Waals surface area contributed by atoms with Crippen LogP contribution in [0, 0.1) is 0 Å². The molecule has 51 heavy (non-hydrogen) atoms. The Balaban J connectivity index is 1.27. The summed E-state index contributed by atoms with van der Waals surface area (Å²) in [6.45, 7) is 25.5. The molecule has 6 aromatic rings. The van der Waals surface area contributed by atoms with Gasteiger partial charge in [-0.1, -0.05) is 92.6 Å². The molecule has 1 aliphatic heterocycles. The van der Waals surface area contributed by atoms with Crippen molar-refractivity contribution in [2.75, 3.05) is 16.5 Å². The van der Waals surface area contributed by atoms with E-state index in [2.05, 4.69) is 188 Å². The van der Waals surface area contributed by atoms with E-state index in [1.807, 2.05) is 6.20 Å². The van der Waals surface area contributed by atoms with Crippen LogP contribution in [0.15, 0.2) is 115 Å². The van der Waals surface area contributed by atoms with E-state index in [1.165, 1.54) is 44.5 Å². The summed E-state index contributed by atoms with van der Waals surface area (Å²) in [4.78, 5) is 9.68. The summed E-state index contributed by atoms with van der Waals surface area (Å²) in [7, 11) is 0. The van der Waals surface area contributed by atoms with Crippen LogP contribution < -0.4 is 14.5 Å². The molecule has 4 aromatic carbocycles. The number of benzene rings is 4. The molecule has 0 saturated heterocycles. The summed E-state index contributed by atoms with van der Waals surface area (Å²) in [5.41, 5.74) is 10.9. The van der Waals surface area contributed by atoms with Crippen molar-refractivity contribution in [2.45, 2.75) is 92.4 Å². The predicted molar refractivity (Wildman–Crippen MR) is 216 cm³/mol. The van der Waals surface area contributed by atoms with Crippen LogP contribution in [-0.4, -0.2) is 16.2 Å². The van der Waals surface area contributed by atoms with Crippen molar-refractivity contribution in [2.24, 2.45) is 0 Å². The molecule has 0 fully saturated rings. The third kappa shape index (κ3) is 6.51. The summed E-state index contributed by atoms with van der Waals surface area (Å²) < 4.78 is 9.09. The average molecular weight is 677 g/mol. The van der Waals surface area contributed by atoms with Crippen molar-refractivity contribution in [1.82, 2.24) is 9.55 Å². The Labute approximate surface area is 304 Å². The van der Waals surface area contributed by atoms with E-state index >= 15 is 0 Å². The van der Waals surface area contributed by atoms with E-state index in [-0.39, 0.29) is 16.2 Å². The molecule has 0 bridgehead atoms. The first-order valence-electron chi connectivity index (χ1n) is 18.2. The van der Waals surface area contributed by atoms with Crippen LogP contribution in [0.1, 0.15) is 92.9 Å². The molecular weight excluding hydrogens is 625 g/mol. The first-order chi connectivity index (χ1) is 24.0. The normalized spacial score (nSPS) is 14.3. The van der Waals surface area contributed by atoms with Gasteiger partial charge in [0, 0.05) is 51.9 Å². The predicted octanol–water partition coefficient (Wildman–Crippen LogP) is 12.4. The van der Waals surface area contributed by atoms with Crippen LogP contribution in [0.25, 0.3) is 27.6 Å². The molecule has 0 radical (unpaired) electrons. The molecule has 5 nitrogen and oxygen atoms in total. The summed E-state index contributed by atoms with van der Waals surface area (Å²) in [6, 6.07) is 35.1. The Morgan fingerprint density at radius 1 is 0.529 bits per heavy atom. The molecule has 262 valence electrons. The quantitative estimate of drug-likeness (QED) is 0.182. The van der Waals surface area contributed by atoms with Crippen LogP contribution in [0.5, 0.6) is 11.5 Å². The molecule has 0 spiro atoms. The van der Waals surface area contributed by atoms with Crippen molar-refractivity contribution in [1.29, 1.82) is 0 Å². The highest BCUT2D eigenvalue weighted by atomic mass is 16.5. The minimum absolute atomic E-state index is 0.00976. The minimum Gasteiger partial charge on any atom is -0.457 e. The van der Waals surface area contributed by atoms with E-state index in [0.717, 1.165) is 40.7 Å². The maximum absolute atomic E-state index is 6.82. The second kappa shape index (κ2) is 12.3. The average Bonchev–Trinajstić information content (AvgIpc) is 3.56. The summed E-state index contributed by atoms with van der Waals surface area (Å²) in [5.74, 6) is 2.53. The van der Waals surface area contributed by atoms with Gasteiger partial charge in [0.25, 0.3) is 0 Å². The fourth-order valence-corrected chi connectivity index (χ4v) is 7.07. The van der Waals surface area contributed by atoms with Gasteiger partial charge in [0.1, 0.15) is 17.3 Å². The molecule has 0 unspecified atom stereocenters. The monoisotopic (exact) mass is 676 g/mol. The maximum atomic E-state index is 6.82. The van der Waals surface area contributed by atoms with Crippen LogP contribution >= 0.6 is 0 Å². The lowest BCUT2D eigenvalue weighted by molar-refractivity contribution is 0.479. The largest absolute Gasteiger partial charge is 0.457 e. The Morgan fingerprint density at radius 3 is 1.82 bits per heavy atom. The minimum atomic E-state index is -0.0664. The highest BCUT2D eigenvalue weighted by molar-refractivity contribution is 6.09. The van der Waals surface area contributed by atoms with E-state index in [4.69, 9.17) is 9.72 Å². The molecule has 0 aliphatic carbocycles. The molecule has 3 heterocycles. The van der Waals surface area contributed by atoms with Crippen molar-refractivity contribution in [3.63, 3.8) is 0 Å². The van der Waals surface area contributed by atoms with Gasteiger partial charge >= 0.3 is 0 Å². The maximum Gasteiger partial charge on any atom is 0.137 e. The number of aromatic nitrogens is 2. The third-order valence-electron chi connectivity index (χ3n) is 10.5. The SMILES string of the molecule is CC1=C(C)N(c2cc(Oc3ccc4c5ccccc5n(-c5cc(C(C)(C)C)ccn5)c4c3)cc(C(C)(C)C)c2)CN1c1ccc(C(C)(C)C)cc1.